The summed E-state index contributed by atoms with van der Waals surface area (Å²) >= 11 is 3.45. The van der Waals surface area contributed by atoms with Gasteiger partial charge in [0.1, 0.15) is 5.82 Å². The van der Waals surface area contributed by atoms with E-state index >= 15 is 0 Å². The molecule has 0 N–H and O–H groups in total. The van der Waals surface area contributed by atoms with Crippen molar-refractivity contribution in [3.63, 3.8) is 0 Å². The predicted molar refractivity (Wildman–Crippen MR) is 60.7 cm³/mol. The molecule has 0 saturated heterocycles. The van der Waals surface area contributed by atoms with E-state index in [0.29, 0.717) is 0 Å². The van der Waals surface area contributed by atoms with Gasteiger partial charge in [0.2, 0.25) is 0 Å². The molecule has 2 nitrogen and oxygen atoms in total. The third kappa shape index (κ3) is 1.81. The fourth-order valence-corrected chi connectivity index (χ4v) is 1.70. The number of aromatic nitrogens is 2. The molecule has 0 aliphatic carbocycles. The molecular formula is C11H10BrFN2. The molecule has 15 heavy (non-hydrogen) atoms. The van der Waals surface area contributed by atoms with Crippen LogP contribution < -0.4 is 0 Å². The van der Waals surface area contributed by atoms with Gasteiger partial charge in [-0.3, -0.25) is 0 Å². The topological polar surface area (TPSA) is 17.8 Å². The highest BCUT2D eigenvalue weighted by molar-refractivity contribution is 9.10. The lowest BCUT2D eigenvalue weighted by Gasteiger charge is -2.03. The summed E-state index contributed by atoms with van der Waals surface area (Å²) in [5, 5.41) is 4.36. The normalized spacial score (nSPS) is 10.7. The lowest BCUT2D eigenvalue weighted by molar-refractivity contribution is 0.627. The van der Waals surface area contributed by atoms with Crippen LogP contribution in [0.25, 0.3) is 5.69 Å². The summed E-state index contributed by atoms with van der Waals surface area (Å²) in [5.74, 6) is -0.237. The summed E-state index contributed by atoms with van der Waals surface area (Å²) in [5.41, 5.74) is 2.80. The van der Waals surface area contributed by atoms with Gasteiger partial charge in [-0.15, -0.1) is 0 Å². The van der Waals surface area contributed by atoms with Gasteiger partial charge in [-0.05, 0) is 54.0 Å². The predicted octanol–water partition coefficient (Wildman–Crippen LogP) is 3.39. The molecule has 1 heterocycles. The van der Waals surface area contributed by atoms with Crippen LogP contribution in [0.15, 0.2) is 28.7 Å². The monoisotopic (exact) mass is 268 g/mol. The van der Waals surface area contributed by atoms with Crippen LogP contribution in [-0.4, -0.2) is 9.78 Å². The molecule has 0 fully saturated rings. The SMILES string of the molecule is Cc1nn(-c2ccc(F)cc2)c(C)c1Br. The average Bonchev–Trinajstić information content (AvgIpc) is 2.47. The number of hydrogen-bond acceptors (Lipinski definition) is 1. The van der Waals surface area contributed by atoms with Crippen LogP contribution in [0.5, 0.6) is 0 Å². The highest BCUT2D eigenvalue weighted by Crippen LogP contribution is 2.22. The van der Waals surface area contributed by atoms with Gasteiger partial charge < -0.3 is 0 Å². The molecule has 78 valence electrons. The Kier molecular flexibility index (Phi) is 2.61. The Bertz CT molecular complexity index is 488. The van der Waals surface area contributed by atoms with Gasteiger partial charge in [-0.2, -0.15) is 5.10 Å². The molecule has 1 aromatic heterocycles. The van der Waals surface area contributed by atoms with Crippen molar-refractivity contribution < 1.29 is 4.39 Å². The van der Waals surface area contributed by atoms with Gasteiger partial charge in [0.25, 0.3) is 0 Å². The molecule has 0 aliphatic rings. The third-order valence-electron chi connectivity index (χ3n) is 2.27. The van der Waals surface area contributed by atoms with Crippen LogP contribution in [0, 0.1) is 19.7 Å². The maximum Gasteiger partial charge on any atom is 0.123 e. The van der Waals surface area contributed by atoms with Crippen LogP contribution in [0.1, 0.15) is 11.4 Å². The number of halogens is 2. The minimum atomic E-state index is -0.237. The third-order valence-corrected chi connectivity index (χ3v) is 3.42. The minimum absolute atomic E-state index is 0.237. The van der Waals surface area contributed by atoms with Gasteiger partial charge >= 0.3 is 0 Å². The lowest BCUT2D eigenvalue weighted by atomic mass is 10.3. The van der Waals surface area contributed by atoms with Crippen molar-refractivity contribution in [1.29, 1.82) is 0 Å². The Morgan fingerprint density at radius 3 is 2.27 bits per heavy atom. The van der Waals surface area contributed by atoms with Crippen molar-refractivity contribution in [3.05, 3.63) is 45.9 Å². The number of aryl methyl sites for hydroxylation is 1. The molecule has 2 aromatic rings. The standard InChI is InChI=1S/C11H10BrFN2/c1-7-11(12)8(2)15(14-7)10-5-3-9(13)4-6-10/h3-6H,1-2H3. The Morgan fingerprint density at radius 2 is 1.80 bits per heavy atom. The van der Waals surface area contributed by atoms with E-state index in [4.69, 9.17) is 0 Å². The molecule has 2 rings (SSSR count). The van der Waals surface area contributed by atoms with Crippen LogP contribution in [0.3, 0.4) is 0 Å². The zero-order valence-corrected chi connectivity index (χ0v) is 10.0. The highest BCUT2D eigenvalue weighted by Gasteiger charge is 2.09. The summed E-state index contributed by atoms with van der Waals surface area (Å²) in [7, 11) is 0. The smallest absolute Gasteiger partial charge is 0.123 e. The largest absolute Gasteiger partial charge is 0.237 e. The van der Waals surface area contributed by atoms with Gasteiger partial charge in [0, 0.05) is 0 Å². The Balaban J connectivity index is 2.54. The molecule has 0 bridgehead atoms. The van der Waals surface area contributed by atoms with E-state index in [2.05, 4.69) is 21.0 Å². The zero-order valence-electron chi connectivity index (χ0n) is 8.46. The van der Waals surface area contributed by atoms with Crippen molar-refractivity contribution in [2.24, 2.45) is 0 Å². The number of hydrogen-bond donors (Lipinski definition) is 0. The molecule has 0 atom stereocenters. The first-order valence-corrected chi connectivity index (χ1v) is 5.36. The number of nitrogens with zero attached hydrogens (tertiary/aromatic N) is 2. The van der Waals surface area contributed by atoms with E-state index in [-0.39, 0.29) is 5.82 Å². The van der Waals surface area contributed by atoms with Gasteiger partial charge in [-0.25, -0.2) is 9.07 Å². The van der Waals surface area contributed by atoms with E-state index in [1.165, 1.54) is 12.1 Å². The van der Waals surface area contributed by atoms with E-state index in [0.717, 1.165) is 21.5 Å². The maximum absolute atomic E-state index is 12.7. The summed E-state index contributed by atoms with van der Waals surface area (Å²) < 4.78 is 15.5. The molecular weight excluding hydrogens is 259 g/mol. The van der Waals surface area contributed by atoms with E-state index in [1.54, 1.807) is 16.8 Å². The van der Waals surface area contributed by atoms with Crippen LogP contribution in [0.2, 0.25) is 0 Å². The van der Waals surface area contributed by atoms with Crippen molar-refractivity contribution in [2.75, 3.05) is 0 Å². The second kappa shape index (κ2) is 3.77. The Labute approximate surface area is 95.9 Å². The molecule has 0 saturated carbocycles. The first kappa shape index (κ1) is 10.4. The zero-order chi connectivity index (χ0) is 11.0. The van der Waals surface area contributed by atoms with Crippen molar-refractivity contribution >= 4 is 15.9 Å². The summed E-state index contributed by atoms with van der Waals surface area (Å²) in [4.78, 5) is 0. The molecule has 0 spiro atoms. The summed E-state index contributed by atoms with van der Waals surface area (Å²) in [6, 6.07) is 6.28. The second-order valence-corrected chi connectivity index (χ2v) is 4.17. The van der Waals surface area contributed by atoms with E-state index in [1.807, 2.05) is 13.8 Å². The molecule has 0 amide bonds. The number of benzene rings is 1. The quantitative estimate of drug-likeness (QED) is 0.775. The van der Waals surface area contributed by atoms with Gasteiger partial charge in [-0.1, -0.05) is 0 Å². The highest BCUT2D eigenvalue weighted by atomic mass is 79.9. The van der Waals surface area contributed by atoms with Crippen LogP contribution >= 0.6 is 15.9 Å². The number of rotatable bonds is 1. The first-order valence-electron chi connectivity index (χ1n) is 4.57. The fraction of sp³-hybridized carbons (Fsp3) is 0.182. The molecule has 0 unspecified atom stereocenters. The van der Waals surface area contributed by atoms with Gasteiger partial charge in [0.05, 0.1) is 21.5 Å². The summed E-state index contributed by atoms with van der Waals surface area (Å²) in [6.07, 6.45) is 0. The fourth-order valence-electron chi connectivity index (χ4n) is 1.46. The van der Waals surface area contributed by atoms with Crippen molar-refractivity contribution in [3.8, 4) is 5.69 Å². The Hall–Kier alpha value is -1.16. The molecule has 0 aliphatic heterocycles. The molecule has 4 heteroatoms. The summed E-state index contributed by atoms with van der Waals surface area (Å²) in [6.45, 7) is 3.89. The van der Waals surface area contributed by atoms with Crippen LogP contribution in [0.4, 0.5) is 4.39 Å². The second-order valence-electron chi connectivity index (χ2n) is 3.37. The van der Waals surface area contributed by atoms with E-state index in [9.17, 15) is 4.39 Å². The first-order chi connectivity index (χ1) is 7.09. The van der Waals surface area contributed by atoms with Gasteiger partial charge in [0.15, 0.2) is 0 Å². The van der Waals surface area contributed by atoms with E-state index < -0.39 is 0 Å². The van der Waals surface area contributed by atoms with Crippen molar-refractivity contribution in [2.45, 2.75) is 13.8 Å². The Morgan fingerprint density at radius 1 is 1.20 bits per heavy atom. The maximum atomic E-state index is 12.7. The minimum Gasteiger partial charge on any atom is -0.237 e. The lowest BCUT2D eigenvalue weighted by Crippen LogP contribution is -1.98. The molecule has 1 aromatic carbocycles. The van der Waals surface area contributed by atoms with Crippen molar-refractivity contribution in [1.82, 2.24) is 9.78 Å². The molecule has 0 radical (unpaired) electrons. The van der Waals surface area contributed by atoms with Crippen LogP contribution in [-0.2, 0) is 0 Å². The average molecular weight is 269 g/mol.